The highest BCUT2D eigenvalue weighted by Gasteiger charge is 2.14. The van der Waals surface area contributed by atoms with Crippen LogP contribution in [-0.2, 0) is 6.54 Å². The van der Waals surface area contributed by atoms with Gasteiger partial charge in [-0.15, -0.1) is 0 Å². The zero-order valence-electron chi connectivity index (χ0n) is 8.22. The van der Waals surface area contributed by atoms with Crippen molar-refractivity contribution in [2.75, 3.05) is 0 Å². The molecule has 1 atom stereocenters. The molecule has 16 heavy (non-hydrogen) atoms. The lowest BCUT2D eigenvalue weighted by Gasteiger charge is -2.11. The van der Waals surface area contributed by atoms with Gasteiger partial charge in [-0.25, -0.2) is 13.8 Å². The van der Waals surface area contributed by atoms with Gasteiger partial charge in [0.1, 0.15) is 30.4 Å². The molecule has 1 heterocycles. The fourth-order valence-electron chi connectivity index (χ4n) is 1.37. The Morgan fingerprint density at radius 1 is 1.38 bits per heavy atom. The van der Waals surface area contributed by atoms with Gasteiger partial charge in [0.15, 0.2) is 0 Å². The van der Waals surface area contributed by atoms with Crippen molar-refractivity contribution >= 4 is 0 Å². The van der Waals surface area contributed by atoms with Crippen LogP contribution in [0.2, 0.25) is 0 Å². The first-order valence-electron chi connectivity index (χ1n) is 4.62. The summed E-state index contributed by atoms with van der Waals surface area (Å²) in [5.41, 5.74) is 0.0388. The van der Waals surface area contributed by atoms with Crippen molar-refractivity contribution in [3.05, 3.63) is 48.1 Å². The average molecular weight is 225 g/mol. The Balaban J connectivity index is 2.17. The van der Waals surface area contributed by atoms with Crippen LogP contribution in [0.3, 0.4) is 0 Å². The normalized spacial score (nSPS) is 12.7. The fraction of sp³-hybridized carbons (Fsp3) is 0.200. The quantitative estimate of drug-likeness (QED) is 0.856. The minimum absolute atomic E-state index is 0.0388. The minimum Gasteiger partial charge on any atom is -0.386 e. The molecule has 0 bridgehead atoms. The van der Waals surface area contributed by atoms with Gasteiger partial charge in [0, 0.05) is 11.6 Å². The third-order valence-corrected chi connectivity index (χ3v) is 2.15. The predicted octanol–water partition coefficient (Wildman–Crippen LogP) is 1.29. The number of aliphatic hydroxyl groups is 1. The van der Waals surface area contributed by atoms with Gasteiger partial charge < -0.3 is 5.11 Å². The second-order valence-electron chi connectivity index (χ2n) is 3.30. The minimum atomic E-state index is -1.08. The highest BCUT2D eigenvalue weighted by Crippen LogP contribution is 2.19. The SMILES string of the molecule is O[C@H](Cn1cncn1)c1ccc(F)cc1F. The molecule has 84 valence electrons. The number of halogens is 2. The molecule has 4 nitrogen and oxygen atoms in total. The van der Waals surface area contributed by atoms with Gasteiger partial charge >= 0.3 is 0 Å². The smallest absolute Gasteiger partial charge is 0.137 e. The van der Waals surface area contributed by atoms with Crippen LogP contribution in [-0.4, -0.2) is 19.9 Å². The van der Waals surface area contributed by atoms with E-state index in [1.54, 1.807) is 0 Å². The van der Waals surface area contributed by atoms with E-state index in [1.807, 2.05) is 0 Å². The van der Waals surface area contributed by atoms with Crippen LogP contribution < -0.4 is 0 Å². The molecule has 1 aromatic heterocycles. The van der Waals surface area contributed by atoms with Crippen molar-refractivity contribution in [1.82, 2.24) is 14.8 Å². The molecule has 2 rings (SSSR count). The lowest BCUT2D eigenvalue weighted by Crippen LogP contribution is -2.10. The van der Waals surface area contributed by atoms with Crippen LogP contribution in [0.1, 0.15) is 11.7 Å². The summed E-state index contributed by atoms with van der Waals surface area (Å²) >= 11 is 0. The van der Waals surface area contributed by atoms with E-state index >= 15 is 0 Å². The van der Waals surface area contributed by atoms with Gasteiger partial charge in [-0.2, -0.15) is 5.10 Å². The second-order valence-corrected chi connectivity index (χ2v) is 3.30. The van der Waals surface area contributed by atoms with Gasteiger partial charge in [-0.3, -0.25) is 4.68 Å². The molecule has 0 spiro atoms. The lowest BCUT2D eigenvalue weighted by atomic mass is 10.1. The number of benzene rings is 1. The van der Waals surface area contributed by atoms with Gasteiger partial charge in [0.2, 0.25) is 0 Å². The number of nitrogens with zero attached hydrogens (tertiary/aromatic N) is 3. The van der Waals surface area contributed by atoms with Gasteiger partial charge in [0.25, 0.3) is 0 Å². The summed E-state index contributed by atoms with van der Waals surface area (Å²) in [5, 5.41) is 13.5. The van der Waals surface area contributed by atoms with E-state index in [4.69, 9.17) is 0 Å². The van der Waals surface area contributed by atoms with Crippen molar-refractivity contribution in [2.45, 2.75) is 12.6 Å². The Hall–Kier alpha value is -1.82. The van der Waals surface area contributed by atoms with Crippen LogP contribution in [0.5, 0.6) is 0 Å². The Morgan fingerprint density at radius 2 is 2.19 bits per heavy atom. The number of aromatic nitrogens is 3. The zero-order valence-corrected chi connectivity index (χ0v) is 8.22. The monoisotopic (exact) mass is 225 g/mol. The Bertz CT molecular complexity index is 473. The molecule has 0 aliphatic carbocycles. The third kappa shape index (κ3) is 2.22. The Morgan fingerprint density at radius 3 is 2.81 bits per heavy atom. The molecule has 2 aromatic rings. The standard InChI is InChI=1S/C10H9F2N3O/c11-7-1-2-8(9(12)3-7)10(16)4-15-6-13-5-14-15/h1-3,5-6,10,16H,4H2/t10-/m1/s1. The molecule has 0 unspecified atom stereocenters. The van der Waals surface area contributed by atoms with Gasteiger partial charge in [-0.1, -0.05) is 6.07 Å². The summed E-state index contributed by atoms with van der Waals surface area (Å²) in [6, 6.07) is 3.05. The van der Waals surface area contributed by atoms with Crippen LogP contribution in [0, 0.1) is 11.6 Å². The molecular weight excluding hydrogens is 216 g/mol. The van der Waals surface area contributed by atoms with Crippen LogP contribution in [0.4, 0.5) is 8.78 Å². The first kappa shape index (κ1) is 10.7. The summed E-state index contributed by atoms with van der Waals surface area (Å²) < 4.78 is 27.3. The molecular formula is C10H9F2N3O. The van der Waals surface area contributed by atoms with E-state index < -0.39 is 17.7 Å². The molecule has 6 heteroatoms. The first-order valence-corrected chi connectivity index (χ1v) is 4.62. The average Bonchev–Trinajstić information content (AvgIpc) is 2.70. The van der Waals surface area contributed by atoms with E-state index in [0.29, 0.717) is 0 Å². The molecule has 1 aromatic carbocycles. The van der Waals surface area contributed by atoms with Crippen molar-refractivity contribution in [3.63, 3.8) is 0 Å². The molecule has 0 saturated carbocycles. The van der Waals surface area contributed by atoms with E-state index in [2.05, 4.69) is 10.1 Å². The first-order chi connectivity index (χ1) is 7.66. The van der Waals surface area contributed by atoms with Gasteiger partial charge in [-0.05, 0) is 6.07 Å². The Kier molecular flexibility index (Phi) is 2.91. The topological polar surface area (TPSA) is 50.9 Å². The predicted molar refractivity (Wildman–Crippen MR) is 51.3 cm³/mol. The Labute approximate surface area is 90.2 Å². The van der Waals surface area contributed by atoms with Crippen molar-refractivity contribution in [3.8, 4) is 0 Å². The molecule has 0 saturated heterocycles. The highest BCUT2D eigenvalue weighted by atomic mass is 19.1. The van der Waals surface area contributed by atoms with Crippen molar-refractivity contribution in [2.24, 2.45) is 0 Å². The maximum Gasteiger partial charge on any atom is 0.137 e. The number of aliphatic hydroxyl groups excluding tert-OH is 1. The molecule has 0 aliphatic rings. The summed E-state index contributed by atoms with van der Waals surface area (Å²) in [5.74, 6) is -1.44. The maximum absolute atomic E-state index is 13.3. The molecule has 0 radical (unpaired) electrons. The number of hydrogen-bond donors (Lipinski definition) is 1. The second kappa shape index (κ2) is 4.36. The molecule has 1 N–H and O–H groups in total. The van der Waals surface area contributed by atoms with Crippen molar-refractivity contribution < 1.29 is 13.9 Å². The van der Waals surface area contributed by atoms with Crippen LogP contribution in [0.15, 0.2) is 30.9 Å². The summed E-state index contributed by atoms with van der Waals surface area (Å²) in [4.78, 5) is 3.69. The fourth-order valence-corrected chi connectivity index (χ4v) is 1.37. The largest absolute Gasteiger partial charge is 0.386 e. The summed E-state index contributed by atoms with van der Waals surface area (Å²) in [6.45, 7) is 0.0720. The molecule has 0 aliphatic heterocycles. The summed E-state index contributed by atoms with van der Waals surface area (Å²) in [7, 11) is 0. The van der Waals surface area contributed by atoms with E-state index in [0.717, 1.165) is 12.1 Å². The van der Waals surface area contributed by atoms with Crippen LogP contribution in [0.25, 0.3) is 0 Å². The summed E-state index contributed by atoms with van der Waals surface area (Å²) in [6.07, 6.45) is 1.64. The van der Waals surface area contributed by atoms with Gasteiger partial charge in [0.05, 0.1) is 6.54 Å². The number of hydrogen-bond acceptors (Lipinski definition) is 3. The van der Waals surface area contributed by atoms with E-state index in [-0.39, 0.29) is 12.1 Å². The third-order valence-electron chi connectivity index (χ3n) is 2.15. The van der Waals surface area contributed by atoms with Crippen LogP contribution >= 0.6 is 0 Å². The number of rotatable bonds is 3. The maximum atomic E-state index is 13.3. The molecule has 0 fully saturated rings. The zero-order chi connectivity index (χ0) is 11.5. The van der Waals surface area contributed by atoms with E-state index in [9.17, 15) is 13.9 Å². The molecule has 0 amide bonds. The highest BCUT2D eigenvalue weighted by molar-refractivity contribution is 5.20. The lowest BCUT2D eigenvalue weighted by molar-refractivity contribution is 0.147. The van der Waals surface area contributed by atoms with E-state index in [1.165, 1.54) is 23.4 Å². The van der Waals surface area contributed by atoms with Crippen molar-refractivity contribution in [1.29, 1.82) is 0 Å².